The predicted molar refractivity (Wildman–Crippen MR) is 83.5 cm³/mol. The molecule has 0 spiro atoms. The fourth-order valence-electron chi connectivity index (χ4n) is 3.81. The number of nitrogens with one attached hydrogen (secondary N) is 1. The second kappa shape index (κ2) is 6.30. The minimum Gasteiger partial charge on any atom is -0.481 e. The van der Waals surface area contributed by atoms with E-state index in [0.29, 0.717) is 18.8 Å². The van der Waals surface area contributed by atoms with E-state index < -0.39 is 11.4 Å². The molecule has 4 nitrogen and oxygen atoms in total. The number of hydrogen-bond acceptors (Lipinski definition) is 2. The maximum atomic E-state index is 13.0. The van der Waals surface area contributed by atoms with Gasteiger partial charge in [-0.2, -0.15) is 0 Å². The van der Waals surface area contributed by atoms with Crippen molar-refractivity contribution in [3.63, 3.8) is 0 Å². The van der Waals surface area contributed by atoms with E-state index in [1.165, 1.54) is 12.1 Å². The molecule has 5 heteroatoms. The van der Waals surface area contributed by atoms with Crippen LogP contribution in [0.2, 0.25) is 0 Å². The Balaban J connectivity index is 1.52. The van der Waals surface area contributed by atoms with Crippen molar-refractivity contribution in [1.82, 2.24) is 5.32 Å². The largest absolute Gasteiger partial charge is 0.481 e. The SMILES string of the molecule is O=C(CC1(C(=O)O)CCC1)NC1CCC(c2ccc(F)cc2)C1. The first-order valence-corrected chi connectivity index (χ1v) is 8.27. The summed E-state index contributed by atoms with van der Waals surface area (Å²) in [6, 6.07) is 6.63. The van der Waals surface area contributed by atoms with E-state index in [1.54, 1.807) is 12.1 Å². The van der Waals surface area contributed by atoms with Gasteiger partial charge in [-0.3, -0.25) is 9.59 Å². The van der Waals surface area contributed by atoms with Crippen LogP contribution < -0.4 is 5.32 Å². The molecule has 3 rings (SSSR count). The van der Waals surface area contributed by atoms with Gasteiger partial charge in [0.05, 0.1) is 5.41 Å². The minimum atomic E-state index is -0.852. The molecular formula is C18H22FNO3. The van der Waals surface area contributed by atoms with Crippen molar-refractivity contribution in [3.05, 3.63) is 35.6 Å². The maximum absolute atomic E-state index is 13.0. The van der Waals surface area contributed by atoms with Crippen LogP contribution >= 0.6 is 0 Å². The predicted octanol–water partition coefficient (Wildman–Crippen LogP) is 3.22. The Kier molecular flexibility index (Phi) is 4.37. The smallest absolute Gasteiger partial charge is 0.310 e. The Labute approximate surface area is 135 Å². The molecule has 2 fully saturated rings. The fourth-order valence-corrected chi connectivity index (χ4v) is 3.81. The fraction of sp³-hybridized carbons (Fsp3) is 0.556. The third kappa shape index (κ3) is 3.38. The highest BCUT2D eigenvalue weighted by Crippen LogP contribution is 2.44. The number of carboxylic acid groups (broad SMARTS) is 1. The molecule has 1 aromatic carbocycles. The summed E-state index contributed by atoms with van der Waals surface area (Å²) < 4.78 is 13.0. The number of rotatable bonds is 5. The summed E-state index contributed by atoms with van der Waals surface area (Å²) in [5, 5.41) is 12.3. The van der Waals surface area contributed by atoms with Crippen molar-refractivity contribution in [1.29, 1.82) is 0 Å². The van der Waals surface area contributed by atoms with E-state index >= 15 is 0 Å². The molecule has 0 bridgehead atoms. The second-order valence-electron chi connectivity index (χ2n) is 6.94. The Bertz CT molecular complexity index is 595. The Morgan fingerprint density at radius 1 is 1.22 bits per heavy atom. The lowest BCUT2D eigenvalue weighted by atomic mass is 9.66. The zero-order chi connectivity index (χ0) is 16.4. The third-order valence-corrected chi connectivity index (χ3v) is 5.40. The number of aliphatic carboxylic acids is 1. The molecule has 0 radical (unpaired) electrons. The maximum Gasteiger partial charge on any atom is 0.310 e. The quantitative estimate of drug-likeness (QED) is 0.875. The van der Waals surface area contributed by atoms with Crippen molar-refractivity contribution in [2.75, 3.05) is 0 Å². The van der Waals surface area contributed by atoms with Crippen LogP contribution in [0.3, 0.4) is 0 Å². The van der Waals surface area contributed by atoms with E-state index in [0.717, 1.165) is 31.2 Å². The van der Waals surface area contributed by atoms with Gasteiger partial charge in [0.15, 0.2) is 0 Å². The van der Waals surface area contributed by atoms with Gasteiger partial charge in [0, 0.05) is 12.5 Å². The van der Waals surface area contributed by atoms with Gasteiger partial charge in [-0.05, 0) is 55.7 Å². The molecule has 2 aliphatic carbocycles. The summed E-state index contributed by atoms with van der Waals surface area (Å²) in [4.78, 5) is 23.5. The minimum absolute atomic E-state index is 0.0834. The van der Waals surface area contributed by atoms with E-state index in [2.05, 4.69) is 5.32 Å². The molecule has 2 aliphatic rings. The van der Waals surface area contributed by atoms with Crippen LogP contribution in [0.15, 0.2) is 24.3 Å². The van der Waals surface area contributed by atoms with Crippen LogP contribution in [0.4, 0.5) is 4.39 Å². The second-order valence-corrected chi connectivity index (χ2v) is 6.94. The van der Waals surface area contributed by atoms with Gasteiger partial charge in [-0.15, -0.1) is 0 Å². The average molecular weight is 319 g/mol. The van der Waals surface area contributed by atoms with Crippen LogP contribution in [0.25, 0.3) is 0 Å². The highest BCUT2D eigenvalue weighted by Gasteiger charge is 2.46. The Morgan fingerprint density at radius 3 is 2.48 bits per heavy atom. The lowest BCUT2D eigenvalue weighted by Gasteiger charge is -2.37. The number of amides is 1. The van der Waals surface area contributed by atoms with E-state index in [4.69, 9.17) is 0 Å². The van der Waals surface area contributed by atoms with Crippen LogP contribution in [0.1, 0.15) is 56.4 Å². The number of carbonyl (C=O) groups excluding carboxylic acids is 1. The van der Waals surface area contributed by atoms with Crippen LogP contribution in [-0.2, 0) is 9.59 Å². The number of carbonyl (C=O) groups is 2. The van der Waals surface area contributed by atoms with Crippen LogP contribution in [-0.4, -0.2) is 23.0 Å². The molecule has 1 aromatic rings. The van der Waals surface area contributed by atoms with Crippen LogP contribution in [0.5, 0.6) is 0 Å². The summed E-state index contributed by atoms with van der Waals surface area (Å²) >= 11 is 0. The third-order valence-electron chi connectivity index (χ3n) is 5.40. The normalized spacial score (nSPS) is 25.6. The van der Waals surface area contributed by atoms with E-state index in [9.17, 15) is 19.1 Å². The molecule has 2 saturated carbocycles. The van der Waals surface area contributed by atoms with Crippen molar-refractivity contribution in [2.45, 2.75) is 56.9 Å². The van der Waals surface area contributed by atoms with Gasteiger partial charge in [-0.1, -0.05) is 18.6 Å². The molecule has 0 heterocycles. The van der Waals surface area contributed by atoms with Gasteiger partial charge in [0.25, 0.3) is 0 Å². The zero-order valence-corrected chi connectivity index (χ0v) is 13.1. The van der Waals surface area contributed by atoms with Gasteiger partial charge < -0.3 is 10.4 Å². The highest BCUT2D eigenvalue weighted by molar-refractivity contribution is 5.85. The molecular weight excluding hydrogens is 297 g/mol. The standard InChI is InChI=1S/C18H22FNO3/c19-14-5-2-12(3-6-14)13-4-7-15(10-13)20-16(21)11-18(17(22)23)8-1-9-18/h2-3,5-6,13,15H,1,4,7-11H2,(H,20,21)(H,22,23). The molecule has 0 saturated heterocycles. The molecule has 0 aromatic heterocycles. The van der Waals surface area contributed by atoms with E-state index in [1.807, 2.05) is 0 Å². The molecule has 1 amide bonds. The summed E-state index contributed by atoms with van der Waals surface area (Å²) in [7, 11) is 0. The average Bonchev–Trinajstić information content (AvgIpc) is 2.91. The molecule has 23 heavy (non-hydrogen) atoms. The Hall–Kier alpha value is -1.91. The van der Waals surface area contributed by atoms with E-state index in [-0.39, 0.29) is 24.2 Å². The molecule has 2 atom stereocenters. The number of benzene rings is 1. The first kappa shape index (κ1) is 16.0. The zero-order valence-electron chi connectivity index (χ0n) is 13.1. The monoisotopic (exact) mass is 319 g/mol. The van der Waals surface area contributed by atoms with Crippen molar-refractivity contribution < 1.29 is 19.1 Å². The summed E-state index contributed by atoms with van der Waals surface area (Å²) in [6.45, 7) is 0. The number of hydrogen-bond donors (Lipinski definition) is 2. The topological polar surface area (TPSA) is 66.4 Å². The first-order chi connectivity index (χ1) is 11.0. The summed E-state index contributed by atoms with van der Waals surface area (Å²) in [5.41, 5.74) is 0.267. The van der Waals surface area contributed by atoms with Crippen molar-refractivity contribution >= 4 is 11.9 Å². The van der Waals surface area contributed by atoms with Gasteiger partial charge in [0.2, 0.25) is 5.91 Å². The molecule has 2 unspecified atom stereocenters. The van der Waals surface area contributed by atoms with Gasteiger partial charge in [0.1, 0.15) is 5.82 Å². The van der Waals surface area contributed by atoms with Crippen LogP contribution in [0, 0.1) is 11.2 Å². The van der Waals surface area contributed by atoms with Crippen molar-refractivity contribution in [2.24, 2.45) is 5.41 Å². The van der Waals surface area contributed by atoms with Crippen molar-refractivity contribution in [3.8, 4) is 0 Å². The molecule has 0 aliphatic heterocycles. The Morgan fingerprint density at radius 2 is 1.91 bits per heavy atom. The summed E-state index contributed by atoms with van der Waals surface area (Å²) in [6.07, 6.45) is 4.83. The van der Waals surface area contributed by atoms with Gasteiger partial charge in [-0.25, -0.2) is 4.39 Å². The molecule has 124 valence electrons. The van der Waals surface area contributed by atoms with Gasteiger partial charge >= 0.3 is 5.97 Å². The number of halogens is 1. The number of carboxylic acids is 1. The first-order valence-electron chi connectivity index (χ1n) is 8.27. The molecule has 2 N–H and O–H groups in total. The highest BCUT2D eigenvalue weighted by atomic mass is 19.1. The summed E-state index contributed by atoms with van der Waals surface area (Å²) in [5.74, 6) is -0.916. The lowest BCUT2D eigenvalue weighted by Crippen LogP contribution is -2.44. The lowest BCUT2D eigenvalue weighted by molar-refractivity contribution is -0.157.